The number of hydrogen-bond donors (Lipinski definition) is 1. The van der Waals surface area contributed by atoms with Crippen LogP contribution in [-0.4, -0.2) is 27.9 Å². The Morgan fingerprint density at radius 1 is 1.04 bits per heavy atom. The molecular formula is C22H23NO3. The summed E-state index contributed by atoms with van der Waals surface area (Å²) in [6.45, 7) is 2.01. The molecule has 1 aliphatic carbocycles. The molecule has 1 fully saturated rings. The van der Waals surface area contributed by atoms with Crippen LogP contribution in [-0.2, 0) is 4.79 Å². The maximum absolute atomic E-state index is 13.4. The van der Waals surface area contributed by atoms with Gasteiger partial charge < -0.3 is 10.0 Å². The van der Waals surface area contributed by atoms with Gasteiger partial charge in [-0.15, -0.1) is 0 Å². The van der Waals surface area contributed by atoms with Crippen molar-refractivity contribution in [1.29, 1.82) is 0 Å². The smallest absolute Gasteiger partial charge is 0.313 e. The van der Waals surface area contributed by atoms with Crippen LogP contribution in [0, 0.1) is 6.92 Å². The first-order chi connectivity index (χ1) is 12.6. The molecule has 4 heteroatoms. The molecule has 0 saturated heterocycles. The molecule has 1 aliphatic heterocycles. The highest BCUT2D eigenvalue weighted by atomic mass is 16.4. The first kappa shape index (κ1) is 16.8. The van der Waals surface area contributed by atoms with Gasteiger partial charge in [0, 0.05) is 11.6 Å². The van der Waals surface area contributed by atoms with E-state index in [4.69, 9.17) is 0 Å². The summed E-state index contributed by atoms with van der Waals surface area (Å²) < 4.78 is 0. The van der Waals surface area contributed by atoms with Crippen molar-refractivity contribution in [3.63, 3.8) is 0 Å². The topological polar surface area (TPSA) is 57.6 Å². The minimum Gasteiger partial charge on any atom is -0.481 e. The molecule has 0 aromatic heterocycles. The molecule has 2 aliphatic rings. The molecule has 2 aromatic rings. The molecule has 2 unspecified atom stereocenters. The molecule has 4 rings (SSSR count). The first-order valence-electron chi connectivity index (χ1n) is 9.29. The van der Waals surface area contributed by atoms with Crippen LogP contribution in [0.4, 0.5) is 0 Å². The zero-order chi connectivity index (χ0) is 18.3. The summed E-state index contributed by atoms with van der Waals surface area (Å²) in [6, 6.07) is 14.8. The maximum atomic E-state index is 13.4. The lowest BCUT2D eigenvalue weighted by Gasteiger charge is -2.44. The summed E-state index contributed by atoms with van der Waals surface area (Å²) in [4.78, 5) is 27.5. The highest BCUT2D eigenvalue weighted by molar-refractivity contribution is 6.00. The van der Waals surface area contributed by atoms with E-state index in [1.54, 1.807) is 12.1 Å². The van der Waals surface area contributed by atoms with E-state index in [1.807, 2.05) is 48.2 Å². The predicted octanol–water partition coefficient (Wildman–Crippen LogP) is 4.30. The fourth-order valence-corrected chi connectivity index (χ4v) is 4.52. The number of carbonyl (C=O) groups is 2. The molecule has 134 valence electrons. The highest BCUT2D eigenvalue weighted by Crippen LogP contribution is 2.46. The van der Waals surface area contributed by atoms with E-state index in [0.717, 1.165) is 36.8 Å². The average molecular weight is 349 g/mol. The molecule has 1 N–H and O–H groups in total. The zero-order valence-electron chi connectivity index (χ0n) is 14.9. The summed E-state index contributed by atoms with van der Waals surface area (Å²) in [6.07, 6.45) is 4.08. The second kappa shape index (κ2) is 6.60. The number of carboxylic acids is 1. The van der Waals surface area contributed by atoms with Crippen molar-refractivity contribution in [2.75, 3.05) is 0 Å². The third-order valence-electron chi connectivity index (χ3n) is 5.78. The summed E-state index contributed by atoms with van der Waals surface area (Å²) >= 11 is 0. The Hall–Kier alpha value is -2.62. The van der Waals surface area contributed by atoms with Crippen molar-refractivity contribution in [2.24, 2.45) is 0 Å². The Bertz CT molecular complexity index is 837. The lowest BCUT2D eigenvalue weighted by Crippen LogP contribution is -2.49. The second-order valence-corrected chi connectivity index (χ2v) is 7.41. The van der Waals surface area contributed by atoms with Crippen LogP contribution < -0.4 is 0 Å². The van der Waals surface area contributed by atoms with Gasteiger partial charge in [0.05, 0.1) is 6.04 Å². The standard InChI is InChI=1S/C22H23NO3/c1-14-10-12-15(13-11-14)20-19(22(25)26)17-8-4-5-9-18(17)21(24)23(20)16-6-2-3-7-16/h4-5,8-13,16,19-20H,2-3,6-7H2,1H3,(H,25,26). The van der Waals surface area contributed by atoms with Gasteiger partial charge in [-0.25, -0.2) is 0 Å². The number of benzene rings is 2. The summed E-state index contributed by atoms with van der Waals surface area (Å²) in [5.41, 5.74) is 3.19. The number of hydrogen-bond acceptors (Lipinski definition) is 2. The minimum atomic E-state index is -0.876. The molecule has 1 amide bonds. The summed E-state index contributed by atoms with van der Waals surface area (Å²) in [5, 5.41) is 10.1. The van der Waals surface area contributed by atoms with Crippen LogP contribution >= 0.6 is 0 Å². The Morgan fingerprint density at radius 2 is 1.69 bits per heavy atom. The molecular weight excluding hydrogens is 326 g/mol. The number of carbonyl (C=O) groups excluding carboxylic acids is 1. The van der Waals surface area contributed by atoms with Gasteiger partial charge in [-0.3, -0.25) is 9.59 Å². The summed E-state index contributed by atoms with van der Waals surface area (Å²) in [7, 11) is 0. The Kier molecular flexibility index (Phi) is 4.27. The number of aryl methyl sites for hydroxylation is 1. The van der Waals surface area contributed by atoms with E-state index in [2.05, 4.69) is 0 Å². The number of aliphatic carboxylic acids is 1. The predicted molar refractivity (Wildman–Crippen MR) is 99.2 cm³/mol. The lowest BCUT2D eigenvalue weighted by molar-refractivity contribution is -0.140. The van der Waals surface area contributed by atoms with Crippen LogP contribution in [0.2, 0.25) is 0 Å². The number of fused-ring (bicyclic) bond motifs is 1. The fraction of sp³-hybridized carbons (Fsp3) is 0.364. The Morgan fingerprint density at radius 3 is 2.35 bits per heavy atom. The maximum Gasteiger partial charge on any atom is 0.313 e. The van der Waals surface area contributed by atoms with E-state index in [-0.39, 0.29) is 11.9 Å². The number of amides is 1. The van der Waals surface area contributed by atoms with Gasteiger partial charge >= 0.3 is 5.97 Å². The monoisotopic (exact) mass is 349 g/mol. The van der Waals surface area contributed by atoms with E-state index >= 15 is 0 Å². The van der Waals surface area contributed by atoms with Crippen molar-refractivity contribution in [1.82, 2.24) is 4.90 Å². The van der Waals surface area contributed by atoms with Crippen molar-refractivity contribution >= 4 is 11.9 Å². The van der Waals surface area contributed by atoms with Gasteiger partial charge in [0.2, 0.25) is 0 Å². The van der Waals surface area contributed by atoms with Crippen molar-refractivity contribution in [3.05, 3.63) is 70.8 Å². The average Bonchev–Trinajstić information content (AvgIpc) is 3.16. The third kappa shape index (κ3) is 2.70. The Labute approximate surface area is 153 Å². The largest absolute Gasteiger partial charge is 0.481 e. The van der Waals surface area contributed by atoms with Gasteiger partial charge in [-0.05, 0) is 37.0 Å². The van der Waals surface area contributed by atoms with Crippen molar-refractivity contribution < 1.29 is 14.7 Å². The van der Waals surface area contributed by atoms with Crippen molar-refractivity contribution in [2.45, 2.75) is 50.6 Å². The molecule has 4 nitrogen and oxygen atoms in total. The van der Waals surface area contributed by atoms with Crippen LogP contribution in [0.1, 0.15) is 64.7 Å². The first-order valence-corrected chi connectivity index (χ1v) is 9.29. The molecule has 26 heavy (non-hydrogen) atoms. The van der Waals surface area contributed by atoms with E-state index < -0.39 is 17.9 Å². The quantitative estimate of drug-likeness (QED) is 0.899. The minimum absolute atomic E-state index is 0.0319. The zero-order valence-corrected chi connectivity index (χ0v) is 14.9. The van der Waals surface area contributed by atoms with Crippen molar-refractivity contribution in [3.8, 4) is 0 Å². The SMILES string of the molecule is Cc1ccc(C2C(C(=O)O)c3ccccc3C(=O)N2C2CCCC2)cc1. The molecule has 1 heterocycles. The van der Waals surface area contributed by atoms with Crippen LogP contribution in [0.25, 0.3) is 0 Å². The van der Waals surface area contributed by atoms with E-state index in [9.17, 15) is 14.7 Å². The molecule has 0 radical (unpaired) electrons. The highest BCUT2D eigenvalue weighted by Gasteiger charge is 2.46. The van der Waals surface area contributed by atoms with Crippen LogP contribution in [0.3, 0.4) is 0 Å². The van der Waals surface area contributed by atoms with Crippen LogP contribution in [0.15, 0.2) is 48.5 Å². The summed E-state index contributed by atoms with van der Waals surface area (Å²) in [5.74, 6) is -1.65. The molecule has 1 saturated carbocycles. The van der Waals surface area contributed by atoms with E-state index in [1.165, 1.54) is 0 Å². The van der Waals surface area contributed by atoms with Gasteiger partial charge in [0.1, 0.15) is 5.92 Å². The molecule has 2 atom stereocenters. The van der Waals surface area contributed by atoms with Gasteiger partial charge in [0.25, 0.3) is 5.91 Å². The molecule has 0 spiro atoms. The number of nitrogens with zero attached hydrogens (tertiary/aromatic N) is 1. The Balaban J connectivity index is 1.91. The fourth-order valence-electron chi connectivity index (χ4n) is 4.52. The number of rotatable bonds is 3. The van der Waals surface area contributed by atoms with E-state index in [0.29, 0.717) is 11.1 Å². The number of carboxylic acid groups (broad SMARTS) is 1. The molecule has 0 bridgehead atoms. The normalized spacial score (nSPS) is 23.1. The molecule has 2 aromatic carbocycles. The van der Waals surface area contributed by atoms with Gasteiger partial charge in [-0.2, -0.15) is 0 Å². The van der Waals surface area contributed by atoms with Gasteiger partial charge in [0.15, 0.2) is 0 Å². The third-order valence-corrected chi connectivity index (χ3v) is 5.78. The van der Waals surface area contributed by atoms with Crippen LogP contribution in [0.5, 0.6) is 0 Å². The second-order valence-electron chi connectivity index (χ2n) is 7.41. The lowest BCUT2D eigenvalue weighted by atomic mass is 9.78. The van der Waals surface area contributed by atoms with Gasteiger partial charge in [-0.1, -0.05) is 60.9 Å².